The van der Waals surface area contributed by atoms with Gasteiger partial charge in [0.1, 0.15) is 12.1 Å². The molecule has 1 heterocycles. The summed E-state index contributed by atoms with van der Waals surface area (Å²) in [7, 11) is 0. The predicted octanol–water partition coefficient (Wildman–Crippen LogP) is 2.28. The SMILES string of the molecule is Cc1ccc(N2C(=O)C(C3CC3)NC(=O)C2C)c(Cl)c1. The largest absolute Gasteiger partial charge is 0.342 e. The van der Waals surface area contributed by atoms with Crippen molar-refractivity contribution in [2.24, 2.45) is 5.92 Å². The number of carbonyl (C=O) groups excluding carboxylic acids is 2. The minimum atomic E-state index is -0.530. The lowest BCUT2D eigenvalue weighted by Crippen LogP contribution is -2.63. The number of hydrogen-bond donors (Lipinski definition) is 1. The van der Waals surface area contributed by atoms with Gasteiger partial charge in [0.15, 0.2) is 0 Å². The first-order chi connectivity index (χ1) is 9.49. The van der Waals surface area contributed by atoms with Gasteiger partial charge in [0.25, 0.3) is 5.91 Å². The van der Waals surface area contributed by atoms with E-state index in [0.29, 0.717) is 10.7 Å². The van der Waals surface area contributed by atoms with Crippen molar-refractivity contribution in [2.45, 2.75) is 38.8 Å². The van der Waals surface area contributed by atoms with E-state index >= 15 is 0 Å². The molecule has 0 spiro atoms. The van der Waals surface area contributed by atoms with E-state index in [0.717, 1.165) is 18.4 Å². The summed E-state index contributed by atoms with van der Waals surface area (Å²) in [6.45, 7) is 3.67. The molecule has 1 saturated heterocycles. The third-order valence-corrected chi connectivity index (χ3v) is 4.33. The summed E-state index contributed by atoms with van der Waals surface area (Å²) in [5, 5.41) is 3.34. The van der Waals surface area contributed by atoms with E-state index in [2.05, 4.69) is 5.32 Å². The molecule has 0 radical (unpaired) electrons. The van der Waals surface area contributed by atoms with Crippen LogP contribution in [-0.2, 0) is 9.59 Å². The maximum absolute atomic E-state index is 12.7. The maximum atomic E-state index is 12.7. The number of carbonyl (C=O) groups is 2. The highest BCUT2D eigenvalue weighted by Gasteiger charge is 2.46. The molecule has 20 heavy (non-hydrogen) atoms. The highest BCUT2D eigenvalue weighted by Crippen LogP contribution is 2.37. The second kappa shape index (κ2) is 4.77. The molecule has 1 N–H and O–H groups in total. The molecule has 1 saturated carbocycles. The summed E-state index contributed by atoms with van der Waals surface area (Å²) >= 11 is 6.26. The minimum absolute atomic E-state index is 0.0506. The van der Waals surface area contributed by atoms with E-state index in [1.54, 1.807) is 11.8 Å². The van der Waals surface area contributed by atoms with Gasteiger partial charge in [0.05, 0.1) is 10.7 Å². The van der Waals surface area contributed by atoms with Crippen molar-refractivity contribution in [1.82, 2.24) is 5.32 Å². The number of nitrogens with one attached hydrogen (secondary N) is 1. The van der Waals surface area contributed by atoms with Crippen LogP contribution in [0.25, 0.3) is 0 Å². The minimum Gasteiger partial charge on any atom is -0.342 e. The van der Waals surface area contributed by atoms with Crippen LogP contribution in [0.4, 0.5) is 5.69 Å². The van der Waals surface area contributed by atoms with Crippen molar-refractivity contribution in [3.05, 3.63) is 28.8 Å². The second-order valence-electron chi connectivity index (χ2n) is 5.66. The van der Waals surface area contributed by atoms with E-state index in [9.17, 15) is 9.59 Å². The molecular formula is C15H17ClN2O2. The van der Waals surface area contributed by atoms with Gasteiger partial charge < -0.3 is 5.32 Å². The number of benzene rings is 1. The molecule has 1 aliphatic carbocycles. The van der Waals surface area contributed by atoms with Crippen LogP contribution in [0.15, 0.2) is 18.2 Å². The van der Waals surface area contributed by atoms with Crippen molar-refractivity contribution in [3.8, 4) is 0 Å². The van der Waals surface area contributed by atoms with Crippen LogP contribution in [0, 0.1) is 12.8 Å². The van der Waals surface area contributed by atoms with Crippen molar-refractivity contribution in [3.63, 3.8) is 0 Å². The second-order valence-corrected chi connectivity index (χ2v) is 6.07. The molecule has 2 unspecified atom stereocenters. The Hall–Kier alpha value is -1.55. The fraction of sp³-hybridized carbons (Fsp3) is 0.467. The molecule has 1 aliphatic heterocycles. The highest BCUT2D eigenvalue weighted by atomic mass is 35.5. The van der Waals surface area contributed by atoms with Gasteiger partial charge in [-0.05, 0) is 50.3 Å². The number of aryl methyl sites for hydroxylation is 1. The van der Waals surface area contributed by atoms with Crippen LogP contribution in [0.1, 0.15) is 25.3 Å². The fourth-order valence-corrected chi connectivity index (χ4v) is 3.00. The van der Waals surface area contributed by atoms with E-state index in [1.807, 2.05) is 25.1 Å². The molecule has 0 aromatic heterocycles. The van der Waals surface area contributed by atoms with E-state index in [4.69, 9.17) is 11.6 Å². The number of hydrogen-bond acceptors (Lipinski definition) is 2. The molecule has 4 nitrogen and oxygen atoms in total. The van der Waals surface area contributed by atoms with Gasteiger partial charge >= 0.3 is 0 Å². The van der Waals surface area contributed by atoms with Crippen molar-refractivity contribution >= 4 is 29.1 Å². The molecule has 1 aromatic carbocycles. The quantitative estimate of drug-likeness (QED) is 0.909. The average molecular weight is 293 g/mol. The van der Waals surface area contributed by atoms with Crippen LogP contribution in [-0.4, -0.2) is 23.9 Å². The number of rotatable bonds is 2. The molecule has 5 heteroatoms. The summed E-state index contributed by atoms with van der Waals surface area (Å²) in [6.07, 6.45) is 2.00. The maximum Gasteiger partial charge on any atom is 0.250 e. The molecule has 3 rings (SSSR count). The van der Waals surface area contributed by atoms with Gasteiger partial charge in [-0.3, -0.25) is 14.5 Å². The summed E-state index contributed by atoms with van der Waals surface area (Å²) in [6, 6.07) is 4.61. The first-order valence-electron chi connectivity index (χ1n) is 6.88. The van der Waals surface area contributed by atoms with Gasteiger partial charge in [-0.15, -0.1) is 0 Å². The Labute approximate surface area is 123 Å². The zero-order valence-corrected chi connectivity index (χ0v) is 12.3. The third-order valence-electron chi connectivity index (χ3n) is 4.02. The lowest BCUT2D eigenvalue weighted by molar-refractivity contribution is -0.133. The number of halogens is 1. The smallest absolute Gasteiger partial charge is 0.250 e. The lowest BCUT2D eigenvalue weighted by atomic mass is 10.0. The van der Waals surface area contributed by atoms with Crippen molar-refractivity contribution in [2.75, 3.05) is 4.90 Å². The Kier molecular flexibility index (Phi) is 3.21. The summed E-state index contributed by atoms with van der Waals surface area (Å²) in [5.41, 5.74) is 1.65. The van der Waals surface area contributed by atoms with Crippen LogP contribution < -0.4 is 10.2 Å². The Morgan fingerprint density at radius 3 is 2.60 bits per heavy atom. The Bertz CT molecular complexity index is 583. The van der Waals surface area contributed by atoms with Crippen molar-refractivity contribution < 1.29 is 9.59 Å². The first kappa shape index (κ1) is 13.4. The van der Waals surface area contributed by atoms with E-state index < -0.39 is 12.1 Å². The van der Waals surface area contributed by atoms with Gasteiger partial charge in [-0.1, -0.05) is 17.7 Å². The summed E-state index contributed by atoms with van der Waals surface area (Å²) < 4.78 is 0. The summed E-state index contributed by atoms with van der Waals surface area (Å²) in [4.78, 5) is 26.3. The lowest BCUT2D eigenvalue weighted by Gasteiger charge is -2.38. The summed E-state index contributed by atoms with van der Waals surface area (Å²) in [5.74, 6) is 0.120. The third kappa shape index (κ3) is 2.18. The molecule has 2 aliphatic rings. The number of nitrogens with zero attached hydrogens (tertiary/aromatic N) is 1. The van der Waals surface area contributed by atoms with Crippen molar-refractivity contribution in [1.29, 1.82) is 0 Å². The van der Waals surface area contributed by atoms with E-state index in [1.165, 1.54) is 0 Å². The molecular weight excluding hydrogens is 276 g/mol. The Balaban J connectivity index is 1.99. The highest BCUT2D eigenvalue weighted by molar-refractivity contribution is 6.34. The molecule has 0 bridgehead atoms. The van der Waals surface area contributed by atoms with Crippen LogP contribution >= 0.6 is 11.6 Å². The number of piperazine rings is 1. The molecule has 106 valence electrons. The fourth-order valence-electron chi connectivity index (χ4n) is 2.68. The van der Waals surface area contributed by atoms with Crippen LogP contribution in [0.5, 0.6) is 0 Å². The monoisotopic (exact) mass is 292 g/mol. The van der Waals surface area contributed by atoms with Gasteiger partial charge in [0.2, 0.25) is 5.91 Å². The van der Waals surface area contributed by atoms with Crippen LogP contribution in [0.2, 0.25) is 5.02 Å². The average Bonchev–Trinajstić information content (AvgIpc) is 3.21. The van der Waals surface area contributed by atoms with Gasteiger partial charge in [-0.2, -0.15) is 0 Å². The number of amides is 2. The molecule has 2 atom stereocenters. The zero-order chi connectivity index (χ0) is 14.4. The topological polar surface area (TPSA) is 49.4 Å². The van der Waals surface area contributed by atoms with Gasteiger partial charge in [0, 0.05) is 0 Å². The first-order valence-corrected chi connectivity index (χ1v) is 7.26. The molecule has 1 aromatic rings. The molecule has 2 fully saturated rings. The standard InChI is InChI=1S/C15H17ClN2O2/c1-8-3-6-12(11(16)7-8)18-9(2)14(19)17-13(15(18)20)10-4-5-10/h3,6-7,9-10,13H,4-5H2,1-2H3,(H,17,19). The Morgan fingerprint density at radius 1 is 1.30 bits per heavy atom. The Morgan fingerprint density at radius 2 is 2.00 bits per heavy atom. The zero-order valence-electron chi connectivity index (χ0n) is 11.5. The van der Waals surface area contributed by atoms with E-state index in [-0.39, 0.29) is 17.7 Å². The predicted molar refractivity (Wildman–Crippen MR) is 77.8 cm³/mol. The normalized spacial score (nSPS) is 26.6. The molecule has 2 amide bonds. The van der Waals surface area contributed by atoms with Gasteiger partial charge in [-0.25, -0.2) is 0 Å². The van der Waals surface area contributed by atoms with Crippen LogP contribution in [0.3, 0.4) is 0 Å². The number of anilines is 1.